The van der Waals surface area contributed by atoms with Crippen molar-refractivity contribution >= 4 is 23.6 Å². The van der Waals surface area contributed by atoms with Gasteiger partial charge in [-0.2, -0.15) is 5.26 Å². The number of hydrogen-bond donors (Lipinski definition) is 3. The third-order valence-electron chi connectivity index (χ3n) is 6.27. The van der Waals surface area contributed by atoms with Crippen molar-refractivity contribution in [1.29, 1.82) is 5.26 Å². The van der Waals surface area contributed by atoms with Crippen LogP contribution in [0.2, 0.25) is 0 Å². The first-order valence-corrected chi connectivity index (χ1v) is 13.3. The van der Waals surface area contributed by atoms with Crippen LogP contribution in [-0.4, -0.2) is 46.1 Å². The second-order valence-electron chi connectivity index (χ2n) is 10.8. The Morgan fingerprint density at radius 2 is 1.61 bits per heavy atom. The Balaban J connectivity index is 2.07. The molecule has 0 heterocycles. The second-order valence-corrected chi connectivity index (χ2v) is 10.8. The van der Waals surface area contributed by atoms with Gasteiger partial charge in [-0.1, -0.05) is 60.7 Å². The summed E-state index contributed by atoms with van der Waals surface area (Å²) in [5, 5.41) is 25.6. The number of nitrogens with one attached hydrogen (secondary N) is 2. The van der Waals surface area contributed by atoms with E-state index in [9.17, 15) is 24.8 Å². The van der Waals surface area contributed by atoms with Crippen molar-refractivity contribution in [1.82, 2.24) is 10.2 Å². The lowest BCUT2D eigenvalue weighted by molar-refractivity contribution is -0.140. The van der Waals surface area contributed by atoms with Gasteiger partial charge in [0.05, 0.1) is 6.07 Å². The van der Waals surface area contributed by atoms with Crippen LogP contribution in [0.15, 0.2) is 72.8 Å². The maximum absolute atomic E-state index is 14.2. The van der Waals surface area contributed by atoms with Crippen molar-refractivity contribution in [2.24, 2.45) is 0 Å². The van der Waals surface area contributed by atoms with Crippen molar-refractivity contribution in [2.75, 3.05) is 11.9 Å². The zero-order chi connectivity index (χ0) is 30.2. The Hall–Kier alpha value is -4.84. The highest BCUT2D eigenvalue weighted by Gasteiger charge is 2.37. The smallest absolute Gasteiger partial charge is 0.408 e. The van der Waals surface area contributed by atoms with E-state index in [0.717, 1.165) is 21.6 Å². The highest BCUT2D eigenvalue weighted by molar-refractivity contribution is 6.00. The number of nitriles is 1. The molecule has 9 nitrogen and oxygen atoms in total. The average molecular weight is 557 g/mol. The van der Waals surface area contributed by atoms with Crippen LogP contribution in [0.4, 0.5) is 10.5 Å². The zero-order valence-corrected chi connectivity index (χ0v) is 24.0. The van der Waals surface area contributed by atoms with Crippen molar-refractivity contribution < 1.29 is 24.2 Å². The van der Waals surface area contributed by atoms with Crippen LogP contribution in [0.1, 0.15) is 49.1 Å². The lowest BCUT2D eigenvalue weighted by Gasteiger charge is -2.33. The first-order valence-electron chi connectivity index (χ1n) is 13.3. The molecule has 0 saturated carbocycles. The predicted octanol–water partition coefficient (Wildman–Crippen LogP) is 5.18. The van der Waals surface area contributed by atoms with Gasteiger partial charge in [-0.25, -0.2) is 4.79 Å². The van der Waals surface area contributed by atoms with E-state index in [-0.39, 0.29) is 12.2 Å². The van der Waals surface area contributed by atoms with Gasteiger partial charge in [-0.3, -0.25) is 9.59 Å². The van der Waals surface area contributed by atoms with Gasteiger partial charge in [0.2, 0.25) is 5.91 Å². The Kier molecular flexibility index (Phi) is 10.1. The summed E-state index contributed by atoms with van der Waals surface area (Å²) in [4.78, 5) is 42.0. The van der Waals surface area contributed by atoms with Gasteiger partial charge in [0, 0.05) is 12.1 Å². The maximum atomic E-state index is 14.2. The van der Waals surface area contributed by atoms with Gasteiger partial charge in [-0.05, 0) is 69.0 Å². The summed E-state index contributed by atoms with van der Waals surface area (Å²) in [5.41, 5.74) is 2.46. The highest BCUT2D eigenvalue weighted by Crippen LogP contribution is 2.29. The Labute approximate surface area is 240 Å². The fraction of sp³-hybridized carbons (Fsp3) is 0.312. The number of anilines is 1. The molecule has 0 aliphatic heterocycles. The molecule has 3 N–H and O–H groups in total. The first kappa shape index (κ1) is 30.7. The van der Waals surface area contributed by atoms with Gasteiger partial charge in [0.25, 0.3) is 5.91 Å². The van der Waals surface area contributed by atoms with Crippen molar-refractivity contribution in [3.8, 4) is 11.8 Å². The Morgan fingerprint density at radius 1 is 0.976 bits per heavy atom. The van der Waals surface area contributed by atoms with E-state index in [1.807, 2.05) is 68.4 Å². The van der Waals surface area contributed by atoms with Crippen LogP contribution in [0.3, 0.4) is 0 Å². The number of aryl methyl sites for hydroxylation is 2. The first-order chi connectivity index (χ1) is 19.4. The van der Waals surface area contributed by atoms with E-state index >= 15 is 0 Å². The Bertz CT molecular complexity index is 1410. The molecule has 0 aliphatic carbocycles. The van der Waals surface area contributed by atoms with Crippen molar-refractivity contribution in [2.45, 2.75) is 58.7 Å². The summed E-state index contributed by atoms with van der Waals surface area (Å²) < 4.78 is 5.41. The number of phenolic OH excluding ortho intramolecular Hbond substituents is 1. The number of carbonyl (C=O) groups is 3. The number of para-hydroxylation sites is 1. The van der Waals surface area contributed by atoms with Crippen molar-refractivity contribution in [3.05, 3.63) is 95.1 Å². The van der Waals surface area contributed by atoms with Crippen LogP contribution in [0.25, 0.3) is 0 Å². The summed E-state index contributed by atoms with van der Waals surface area (Å²) in [6.07, 6.45) is -0.718. The summed E-state index contributed by atoms with van der Waals surface area (Å²) in [6.45, 7) is 8.37. The SMILES string of the molecule is Cc1cccc(C)c1NC(=O)C(c1cccc(O)c1)N(CC#N)C(=O)C(Cc1ccccc1)NC(=O)OC(C)(C)C. The summed E-state index contributed by atoms with van der Waals surface area (Å²) in [7, 11) is 0. The van der Waals surface area contributed by atoms with E-state index in [1.54, 1.807) is 32.9 Å². The number of hydrogen-bond acceptors (Lipinski definition) is 6. The lowest BCUT2D eigenvalue weighted by Crippen LogP contribution is -2.53. The minimum Gasteiger partial charge on any atom is -0.508 e. The number of ether oxygens (including phenoxy) is 1. The quantitative estimate of drug-likeness (QED) is 0.311. The van der Waals surface area contributed by atoms with Gasteiger partial charge in [-0.15, -0.1) is 0 Å². The molecule has 0 bridgehead atoms. The fourth-order valence-corrected chi connectivity index (χ4v) is 4.44. The molecule has 0 saturated heterocycles. The number of aromatic hydroxyl groups is 1. The predicted molar refractivity (Wildman–Crippen MR) is 156 cm³/mol. The number of amides is 3. The zero-order valence-electron chi connectivity index (χ0n) is 24.0. The lowest BCUT2D eigenvalue weighted by atomic mass is 9.99. The molecule has 0 radical (unpaired) electrons. The van der Waals surface area contributed by atoms with Gasteiger partial charge < -0.3 is 25.4 Å². The molecule has 0 spiro atoms. The van der Waals surface area contributed by atoms with E-state index in [0.29, 0.717) is 11.3 Å². The topological polar surface area (TPSA) is 132 Å². The van der Waals surface area contributed by atoms with Crippen molar-refractivity contribution in [3.63, 3.8) is 0 Å². The second kappa shape index (κ2) is 13.5. The van der Waals surface area contributed by atoms with Crippen LogP contribution in [0, 0.1) is 25.2 Å². The molecule has 41 heavy (non-hydrogen) atoms. The highest BCUT2D eigenvalue weighted by atomic mass is 16.6. The molecule has 0 aromatic heterocycles. The van der Waals surface area contributed by atoms with Crippen LogP contribution >= 0.6 is 0 Å². The van der Waals surface area contributed by atoms with Gasteiger partial charge in [0.1, 0.15) is 30.0 Å². The Morgan fingerprint density at radius 3 is 2.20 bits per heavy atom. The molecular weight excluding hydrogens is 520 g/mol. The maximum Gasteiger partial charge on any atom is 0.408 e. The number of phenols is 1. The van der Waals surface area contributed by atoms with E-state index in [1.165, 1.54) is 12.1 Å². The van der Waals surface area contributed by atoms with Crippen LogP contribution in [-0.2, 0) is 20.7 Å². The van der Waals surface area contributed by atoms with Crippen LogP contribution in [0.5, 0.6) is 5.75 Å². The minimum atomic E-state index is -1.30. The molecule has 3 amide bonds. The van der Waals surface area contributed by atoms with E-state index in [2.05, 4.69) is 10.6 Å². The largest absolute Gasteiger partial charge is 0.508 e. The monoisotopic (exact) mass is 556 g/mol. The standard InChI is InChI=1S/C32H36N4O5/c1-21-11-9-12-22(2)27(21)35-29(38)28(24-15-10-16-25(37)20-24)36(18-17-33)30(39)26(19-23-13-7-6-8-14-23)34-31(40)41-32(3,4)5/h6-16,20,26,28,37H,18-19H2,1-5H3,(H,34,40)(H,35,38). The van der Waals surface area contributed by atoms with Gasteiger partial charge in [0.15, 0.2) is 0 Å². The molecule has 3 aromatic rings. The summed E-state index contributed by atoms with van der Waals surface area (Å²) >= 11 is 0. The normalized spacial score (nSPS) is 12.4. The summed E-state index contributed by atoms with van der Waals surface area (Å²) in [6, 6.07) is 20.2. The van der Waals surface area contributed by atoms with E-state index < -0.39 is 42.1 Å². The van der Waals surface area contributed by atoms with Crippen LogP contribution < -0.4 is 10.6 Å². The molecule has 0 aliphatic rings. The molecule has 9 heteroatoms. The third-order valence-corrected chi connectivity index (χ3v) is 6.27. The van der Waals surface area contributed by atoms with Gasteiger partial charge >= 0.3 is 6.09 Å². The molecular formula is C32H36N4O5. The number of carbonyl (C=O) groups excluding carboxylic acids is 3. The molecule has 214 valence electrons. The van der Waals surface area contributed by atoms with E-state index in [4.69, 9.17) is 4.74 Å². The fourth-order valence-electron chi connectivity index (χ4n) is 4.44. The summed E-state index contributed by atoms with van der Waals surface area (Å²) in [5.74, 6) is -1.34. The molecule has 2 atom stereocenters. The minimum absolute atomic E-state index is 0.0894. The molecule has 2 unspecified atom stereocenters. The molecule has 0 fully saturated rings. The third kappa shape index (κ3) is 8.57. The number of alkyl carbamates (subject to hydrolysis) is 1. The number of nitrogens with zero attached hydrogens (tertiary/aromatic N) is 2. The molecule has 3 rings (SSSR count). The molecule has 3 aromatic carbocycles. The average Bonchev–Trinajstić information content (AvgIpc) is 2.89. The number of rotatable bonds is 9. The number of benzene rings is 3.